The van der Waals surface area contributed by atoms with E-state index in [0.29, 0.717) is 9.34 Å². The summed E-state index contributed by atoms with van der Waals surface area (Å²) in [6.07, 6.45) is 1.75. The lowest BCUT2D eigenvalue weighted by Gasteiger charge is -2.07. The Kier molecular flexibility index (Phi) is 4.17. The van der Waals surface area contributed by atoms with Crippen molar-refractivity contribution in [1.29, 1.82) is 0 Å². The van der Waals surface area contributed by atoms with E-state index >= 15 is 0 Å². The Hall–Kier alpha value is -0.880. The molecule has 1 aromatic carbocycles. The van der Waals surface area contributed by atoms with Crippen LogP contribution in [-0.4, -0.2) is 16.4 Å². The zero-order valence-electron chi connectivity index (χ0n) is 9.03. The normalized spacial score (nSPS) is 10.5. The lowest BCUT2D eigenvalue weighted by atomic mass is 10.2. The molecule has 0 fully saturated rings. The van der Waals surface area contributed by atoms with E-state index < -0.39 is 0 Å². The number of hydrazine groups is 1. The Morgan fingerprint density at radius 1 is 1.41 bits per heavy atom. The summed E-state index contributed by atoms with van der Waals surface area (Å²) in [5.74, 6) is 0. The van der Waals surface area contributed by atoms with Crippen molar-refractivity contribution < 1.29 is 0 Å². The molecule has 0 atom stereocenters. The predicted octanol–water partition coefficient (Wildman–Crippen LogP) is 2.99. The Morgan fingerprint density at radius 2 is 2.24 bits per heavy atom. The Balaban J connectivity index is 2.37. The van der Waals surface area contributed by atoms with E-state index in [1.165, 1.54) is 11.8 Å². The van der Waals surface area contributed by atoms with E-state index in [1.807, 2.05) is 24.3 Å². The van der Waals surface area contributed by atoms with Crippen LogP contribution in [0.4, 0.5) is 0 Å². The third-order valence-electron chi connectivity index (χ3n) is 2.09. The van der Waals surface area contributed by atoms with E-state index in [2.05, 4.69) is 15.8 Å². The van der Waals surface area contributed by atoms with Crippen molar-refractivity contribution in [2.45, 2.75) is 4.90 Å². The highest BCUT2D eigenvalue weighted by Crippen LogP contribution is 2.28. The van der Waals surface area contributed by atoms with Crippen LogP contribution < -0.4 is 10.9 Å². The maximum absolute atomic E-state index is 5.93. The molecule has 2 aromatic rings. The number of fused-ring (bicyclic) bond motifs is 1. The van der Waals surface area contributed by atoms with Crippen molar-refractivity contribution in [3.05, 3.63) is 35.5 Å². The largest absolute Gasteiger partial charge is 0.307 e. The minimum atomic E-state index is 0.662. The lowest BCUT2D eigenvalue weighted by Crippen LogP contribution is -2.30. The number of pyridine rings is 1. The first-order valence-corrected chi connectivity index (χ1v) is 6.50. The number of thiocarbonyl (C=S) groups is 1. The van der Waals surface area contributed by atoms with Crippen molar-refractivity contribution in [2.75, 3.05) is 7.05 Å². The highest BCUT2D eigenvalue weighted by molar-refractivity contribution is 8.23. The number of nitrogens with one attached hydrogen (secondary N) is 2. The second-order valence-electron chi connectivity index (χ2n) is 3.24. The minimum Gasteiger partial charge on any atom is -0.307 e. The number of halogens is 1. The van der Waals surface area contributed by atoms with Crippen molar-refractivity contribution in [3.8, 4) is 0 Å². The molecule has 6 heteroatoms. The van der Waals surface area contributed by atoms with Gasteiger partial charge in [-0.05, 0) is 18.2 Å². The average molecular weight is 284 g/mol. The van der Waals surface area contributed by atoms with Gasteiger partial charge in [-0.1, -0.05) is 41.6 Å². The van der Waals surface area contributed by atoms with Gasteiger partial charge in [-0.25, -0.2) is 5.43 Å². The third-order valence-corrected chi connectivity index (χ3v) is 3.55. The third kappa shape index (κ3) is 3.07. The van der Waals surface area contributed by atoms with Crippen LogP contribution in [0, 0.1) is 0 Å². The Bertz CT molecular complexity index is 559. The van der Waals surface area contributed by atoms with Crippen LogP contribution in [0.15, 0.2) is 35.4 Å². The SMILES string of the molecule is CNNC(=S)Sc1ccnc2cc(Cl)ccc12. The highest BCUT2D eigenvalue weighted by atomic mass is 35.5. The molecule has 17 heavy (non-hydrogen) atoms. The van der Waals surface area contributed by atoms with Gasteiger partial charge in [0.25, 0.3) is 0 Å². The smallest absolute Gasteiger partial charge is 0.152 e. The van der Waals surface area contributed by atoms with Crippen LogP contribution >= 0.6 is 35.6 Å². The van der Waals surface area contributed by atoms with Gasteiger partial charge in [0.2, 0.25) is 0 Å². The fraction of sp³-hybridized carbons (Fsp3) is 0.0909. The van der Waals surface area contributed by atoms with E-state index in [1.54, 1.807) is 13.2 Å². The van der Waals surface area contributed by atoms with Crippen molar-refractivity contribution in [2.24, 2.45) is 0 Å². The Labute approximate surface area is 114 Å². The number of thioether (sulfide) groups is 1. The molecule has 0 radical (unpaired) electrons. The number of hydrogen-bond donors (Lipinski definition) is 2. The monoisotopic (exact) mass is 283 g/mol. The minimum absolute atomic E-state index is 0.662. The fourth-order valence-corrected chi connectivity index (χ4v) is 2.71. The van der Waals surface area contributed by atoms with Gasteiger partial charge < -0.3 is 5.43 Å². The van der Waals surface area contributed by atoms with Crippen LogP contribution in [0.25, 0.3) is 10.9 Å². The molecule has 0 aliphatic rings. The molecule has 0 aliphatic heterocycles. The van der Waals surface area contributed by atoms with Crippen molar-refractivity contribution >= 4 is 50.8 Å². The molecule has 0 amide bonds. The quantitative estimate of drug-likeness (QED) is 0.503. The van der Waals surface area contributed by atoms with E-state index in [0.717, 1.165) is 15.8 Å². The van der Waals surface area contributed by atoms with Crippen LogP contribution in [0.2, 0.25) is 5.02 Å². The molecule has 3 nitrogen and oxygen atoms in total. The summed E-state index contributed by atoms with van der Waals surface area (Å²) in [5, 5.41) is 1.73. The van der Waals surface area contributed by atoms with E-state index in [4.69, 9.17) is 23.8 Å². The van der Waals surface area contributed by atoms with Crippen LogP contribution in [0.3, 0.4) is 0 Å². The fourth-order valence-electron chi connectivity index (χ4n) is 1.41. The molecule has 2 N–H and O–H groups in total. The maximum Gasteiger partial charge on any atom is 0.152 e. The van der Waals surface area contributed by atoms with Gasteiger partial charge in [0, 0.05) is 28.5 Å². The van der Waals surface area contributed by atoms with Gasteiger partial charge in [0.05, 0.1) is 5.52 Å². The maximum atomic E-state index is 5.93. The number of nitrogens with zero attached hydrogens (tertiary/aromatic N) is 1. The molecule has 2 rings (SSSR count). The molecule has 88 valence electrons. The van der Waals surface area contributed by atoms with Gasteiger partial charge >= 0.3 is 0 Å². The molecular formula is C11H10ClN3S2. The van der Waals surface area contributed by atoms with Gasteiger partial charge in [0.1, 0.15) is 0 Å². The van der Waals surface area contributed by atoms with Crippen molar-refractivity contribution in [1.82, 2.24) is 15.8 Å². The summed E-state index contributed by atoms with van der Waals surface area (Å²) in [6.45, 7) is 0. The van der Waals surface area contributed by atoms with Crippen LogP contribution in [0.1, 0.15) is 0 Å². The summed E-state index contributed by atoms with van der Waals surface area (Å²) in [7, 11) is 1.78. The zero-order chi connectivity index (χ0) is 12.3. The summed E-state index contributed by atoms with van der Waals surface area (Å²) < 4.78 is 0.662. The zero-order valence-corrected chi connectivity index (χ0v) is 11.4. The molecule has 0 saturated heterocycles. The molecule has 0 spiro atoms. The van der Waals surface area contributed by atoms with Crippen LogP contribution in [0.5, 0.6) is 0 Å². The summed E-state index contributed by atoms with van der Waals surface area (Å²) in [4.78, 5) is 5.33. The number of rotatable bonds is 2. The predicted molar refractivity (Wildman–Crippen MR) is 77.4 cm³/mol. The van der Waals surface area contributed by atoms with Gasteiger partial charge in [-0.2, -0.15) is 0 Å². The second-order valence-corrected chi connectivity index (χ2v) is 5.39. The summed E-state index contributed by atoms with van der Waals surface area (Å²) >= 11 is 12.6. The number of aromatic nitrogens is 1. The first-order valence-electron chi connectivity index (χ1n) is 4.89. The topological polar surface area (TPSA) is 37.0 Å². The summed E-state index contributed by atoms with van der Waals surface area (Å²) in [6, 6.07) is 7.58. The van der Waals surface area contributed by atoms with Crippen LogP contribution in [-0.2, 0) is 0 Å². The molecular weight excluding hydrogens is 274 g/mol. The van der Waals surface area contributed by atoms with Gasteiger partial charge in [-0.3, -0.25) is 4.98 Å². The lowest BCUT2D eigenvalue weighted by molar-refractivity contribution is 0.786. The highest BCUT2D eigenvalue weighted by Gasteiger charge is 2.05. The first-order chi connectivity index (χ1) is 8.20. The molecule has 1 heterocycles. The first kappa shape index (κ1) is 12.6. The van der Waals surface area contributed by atoms with Crippen molar-refractivity contribution in [3.63, 3.8) is 0 Å². The molecule has 0 saturated carbocycles. The summed E-state index contributed by atoms with van der Waals surface area (Å²) in [5.41, 5.74) is 6.53. The van der Waals surface area contributed by atoms with E-state index in [9.17, 15) is 0 Å². The van der Waals surface area contributed by atoms with Gasteiger partial charge in [0.15, 0.2) is 4.32 Å². The molecule has 0 unspecified atom stereocenters. The standard InChI is InChI=1S/C11H10ClN3S2/c1-13-15-11(16)17-10-4-5-14-9-6-7(12)2-3-8(9)10/h2-6,13H,1H3,(H,15,16). The van der Waals surface area contributed by atoms with E-state index in [-0.39, 0.29) is 0 Å². The number of benzene rings is 1. The molecule has 0 aliphatic carbocycles. The van der Waals surface area contributed by atoms with Gasteiger partial charge in [-0.15, -0.1) is 0 Å². The average Bonchev–Trinajstić information content (AvgIpc) is 2.29. The number of hydrogen-bond acceptors (Lipinski definition) is 4. The molecule has 0 bridgehead atoms. The second kappa shape index (κ2) is 5.64. The molecule has 1 aromatic heterocycles. The Morgan fingerprint density at radius 3 is 3.00 bits per heavy atom.